The third kappa shape index (κ3) is 5.16. The van der Waals surface area contributed by atoms with Crippen molar-refractivity contribution >= 4 is 5.95 Å². The molecule has 0 aliphatic heterocycles. The summed E-state index contributed by atoms with van der Waals surface area (Å²) in [6.07, 6.45) is 0.964. The Morgan fingerprint density at radius 1 is 1.06 bits per heavy atom. The summed E-state index contributed by atoms with van der Waals surface area (Å²) in [5.41, 5.74) is 0. The van der Waals surface area contributed by atoms with Crippen LogP contribution in [0.4, 0.5) is 5.95 Å². The van der Waals surface area contributed by atoms with E-state index in [1.807, 2.05) is 13.8 Å². The highest BCUT2D eigenvalue weighted by Gasteiger charge is 2.08. The van der Waals surface area contributed by atoms with Gasteiger partial charge in [-0.2, -0.15) is 9.97 Å². The lowest BCUT2D eigenvalue weighted by Crippen LogP contribution is -2.10. The van der Waals surface area contributed by atoms with Gasteiger partial charge < -0.3 is 14.8 Å². The zero-order chi connectivity index (χ0) is 13.4. The fraction of sp³-hybridized carbons (Fsp3) is 0.750. The van der Waals surface area contributed by atoms with Gasteiger partial charge in [-0.25, -0.2) is 0 Å². The summed E-state index contributed by atoms with van der Waals surface area (Å²) >= 11 is 0. The highest BCUT2D eigenvalue weighted by atomic mass is 16.5. The average Bonchev–Trinajstić information content (AvgIpc) is 2.29. The van der Waals surface area contributed by atoms with Gasteiger partial charge >= 0.3 is 12.0 Å². The number of nitrogens with zero attached hydrogens (tertiary/aromatic N) is 3. The molecule has 0 fully saturated rings. The summed E-state index contributed by atoms with van der Waals surface area (Å²) in [6.45, 7) is 10.00. The largest absolute Gasteiger partial charge is 0.464 e. The zero-order valence-corrected chi connectivity index (χ0v) is 11.6. The summed E-state index contributed by atoms with van der Waals surface area (Å²) < 4.78 is 10.8. The smallest absolute Gasteiger partial charge is 0.324 e. The van der Waals surface area contributed by atoms with Crippen LogP contribution in [0.1, 0.15) is 34.1 Å². The average molecular weight is 254 g/mol. The van der Waals surface area contributed by atoms with E-state index in [0.29, 0.717) is 37.1 Å². The Hall–Kier alpha value is -1.59. The van der Waals surface area contributed by atoms with Crippen LogP contribution in [0.2, 0.25) is 0 Å². The Morgan fingerprint density at radius 3 is 2.28 bits per heavy atom. The molecule has 102 valence electrons. The second kappa shape index (κ2) is 7.68. The van der Waals surface area contributed by atoms with Crippen LogP contribution in [0.3, 0.4) is 0 Å². The molecule has 0 radical (unpaired) electrons. The molecule has 0 spiro atoms. The first-order chi connectivity index (χ1) is 8.65. The fourth-order valence-electron chi connectivity index (χ4n) is 1.22. The molecule has 0 atom stereocenters. The normalized spacial score (nSPS) is 10.5. The van der Waals surface area contributed by atoms with E-state index in [9.17, 15) is 0 Å². The van der Waals surface area contributed by atoms with Crippen molar-refractivity contribution in [2.75, 3.05) is 25.1 Å². The van der Waals surface area contributed by atoms with Crippen molar-refractivity contribution in [1.29, 1.82) is 0 Å². The van der Waals surface area contributed by atoms with E-state index in [1.54, 1.807) is 0 Å². The van der Waals surface area contributed by atoms with Crippen molar-refractivity contribution in [3.8, 4) is 12.0 Å². The standard InChI is InChI=1S/C12H22N4O2/c1-5-13-10-14-11(17-6-2)16-12(15-10)18-8-7-9(3)4/h9H,5-8H2,1-4H3,(H,13,14,15,16). The van der Waals surface area contributed by atoms with Gasteiger partial charge in [0.2, 0.25) is 5.95 Å². The highest BCUT2D eigenvalue weighted by molar-refractivity contribution is 5.27. The van der Waals surface area contributed by atoms with Crippen LogP contribution in [0.15, 0.2) is 0 Å². The first kappa shape index (κ1) is 14.5. The molecular formula is C12H22N4O2. The third-order valence-electron chi connectivity index (χ3n) is 2.13. The second-order valence-electron chi connectivity index (χ2n) is 4.22. The van der Waals surface area contributed by atoms with Gasteiger partial charge in [-0.1, -0.05) is 13.8 Å². The van der Waals surface area contributed by atoms with Gasteiger partial charge in [0.25, 0.3) is 0 Å². The fourth-order valence-corrected chi connectivity index (χ4v) is 1.22. The third-order valence-corrected chi connectivity index (χ3v) is 2.13. The molecule has 0 unspecified atom stereocenters. The zero-order valence-electron chi connectivity index (χ0n) is 11.6. The monoisotopic (exact) mass is 254 g/mol. The Kier molecular flexibility index (Phi) is 6.18. The summed E-state index contributed by atoms with van der Waals surface area (Å²) in [4.78, 5) is 12.4. The lowest BCUT2D eigenvalue weighted by atomic mass is 10.1. The van der Waals surface area contributed by atoms with Crippen molar-refractivity contribution in [2.45, 2.75) is 34.1 Å². The lowest BCUT2D eigenvalue weighted by molar-refractivity contribution is 0.254. The quantitative estimate of drug-likeness (QED) is 0.766. The van der Waals surface area contributed by atoms with Gasteiger partial charge in [0, 0.05) is 6.54 Å². The second-order valence-corrected chi connectivity index (χ2v) is 4.22. The van der Waals surface area contributed by atoms with Crippen molar-refractivity contribution < 1.29 is 9.47 Å². The van der Waals surface area contributed by atoms with Crippen LogP contribution in [0.5, 0.6) is 12.0 Å². The van der Waals surface area contributed by atoms with E-state index in [2.05, 4.69) is 34.1 Å². The minimum absolute atomic E-state index is 0.294. The maximum absolute atomic E-state index is 5.51. The van der Waals surface area contributed by atoms with E-state index in [4.69, 9.17) is 9.47 Å². The Balaban J connectivity index is 2.69. The molecule has 1 heterocycles. The van der Waals surface area contributed by atoms with E-state index >= 15 is 0 Å². The minimum Gasteiger partial charge on any atom is -0.464 e. The molecule has 0 saturated heterocycles. The van der Waals surface area contributed by atoms with Gasteiger partial charge in [0.1, 0.15) is 0 Å². The number of nitrogens with one attached hydrogen (secondary N) is 1. The van der Waals surface area contributed by atoms with E-state index in [-0.39, 0.29) is 0 Å². The lowest BCUT2D eigenvalue weighted by Gasteiger charge is -2.09. The topological polar surface area (TPSA) is 69.2 Å². The first-order valence-corrected chi connectivity index (χ1v) is 6.41. The Morgan fingerprint density at radius 2 is 1.72 bits per heavy atom. The molecule has 0 aromatic carbocycles. The summed E-state index contributed by atoms with van der Waals surface area (Å²) in [6, 6.07) is 0.605. The number of ether oxygens (including phenoxy) is 2. The summed E-state index contributed by atoms with van der Waals surface area (Å²) in [5.74, 6) is 1.07. The van der Waals surface area contributed by atoms with Crippen molar-refractivity contribution in [2.24, 2.45) is 5.92 Å². The van der Waals surface area contributed by atoms with Gasteiger partial charge in [-0.15, -0.1) is 4.98 Å². The van der Waals surface area contributed by atoms with Crippen molar-refractivity contribution in [1.82, 2.24) is 15.0 Å². The van der Waals surface area contributed by atoms with Gasteiger partial charge in [0.15, 0.2) is 0 Å². The molecule has 0 amide bonds. The Labute approximate surface area is 108 Å². The molecule has 18 heavy (non-hydrogen) atoms. The summed E-state index contributed by atoms with van der Waals surface area (Å²) in [5, 5.41) is 3.02. The molecule has 0 aliphatic rings. The molecule has 1 N–H and O–H groups in total. The molecule has 6 nitrogen and oxygen atoms in total. The Bertz CT molecular complexity index is 334. The van der Waals surface area contributed by atoms with Gasteiger partial charge in [-0.3, -0.25) is 0 Å². The number of hydrogen-bond acceptors (Lipinski definition) is 6. The summed E-state index contributed by atoms with van der Waals surface area (Å²) in [7, 11) is 0. The maximum Gasteiger partial charge on any atom is 0.324 e. The molecule has 0 aliphatic carbocycles. The van der Waals surface area contributed by atoms with Crippen LogP contribution >= 0.6 is 0 Å². The number of hydrogen-bond donors (Lipinski definition) is 1. The molecule has 1 aromatic rings. The molecular weight excluding hydrogens is 232 g/mol. The molecule has 0 saturated carbocycles. The van der Waals surface area contributed by atoms with Crippen molar-refractivity contribution in [3.05, 3.63) is 0 Å². The number of rotatable bonds is 8. The molecule has 6 heteroatoms. The highest BCUT2D eigenvalue weighted by Crippen LogP contribution is 2.13. The minimum atomic E-state index is 0.294. The molecule has 1 aromatic heterocycles. The van der Waals surface area contributed by atoms with Gasteiger partial charge in [-0.05, 0) is 26.2 Å². The molecule has 1 rings (SSSR count). The van der Waals surface area contributed by atoms with Crippen LogP contribution in [-0.4, -0.2) is 34.7 Å². The maximum atomic E-state index is 5.51. The van der Waals surface area contributed by atoms with Crippen molar-refractivity contribution in [3.63, 3.8) is 0 Å². The van der Waals surface area contributed by atoms with E-state index < -0.39 is 0 Å². The van der Waals surface area contributed by atoms with Gasteiger partial charge in [0.05, 0.1) is 13.2 Å². The van der Waals surface area contributed by atoms with Crippen LogP contribution in [0.25, 0.3) is 0 Å². The number of aromatic nitrogens is 3. The van der Waals surface area contributed by atoms with Crippen LogP contribution in [0, 0.1) is 5.92 Å². The molecule has 0 bridgehead atoms. The predicted molar refractivity (Wildman–Crippen MR) is 70.1 cm³/mol. The van der Waals surface area contributed by atoms with Crippen LogP contribution < -0.4 is 14.8 Å². The number of anilines is 1. The van der Waals surface area contributed by atoms with Crippen LogP contribution in [-0.2, 0) is 0 Å². The van der Waals surface area contributed by atoms with E-state index in [0.717, 1.165) is 13.0 Å². The first-order valence-electron chi connectivity index (χ1n) is 6.41. The van der Waals surface area contributed by atoms with E-state index in [1.165, 1.54) is 0 Å². The SMILES string of the molecule is CCNc1nc(OCC)nc(OCCC(C)C)n1. The predicted octanol–water partition coefficient (Wildman–Crippen LogP) is 2.13.